The molecule has 0 unspecified atom stereocenters. The third kappa shape index (κ3) is 1.70. The molecule has 2 nitrogen and oxygen atoms in total. The summed E-state index contributed by atoms with van der Waals surface area (Å²) in [6, 6.07) is 5.75. The van der Waals surface area contributed by atoms with Gasteiger partial charge in [0.15, 0.2) is 11.5 Å². The molecule has 0 N–H and O–H groups in total. The van der Waals surface area contributed by atoms with Gasteiger partial charge in [-0.15, -0.1) is 11.6 Å². The number of hydrogen-bond donors (Lipinski definition) is 0. The Balaban J connectivity index is 2.33. The fraction of sp³-hybridized carbons (Fsp3) is 0.273. The molecular weight excluding hydrogens is 200 g/mol. The predicted octanol–water partition coefficient (Wildman–Crippen LogP) is 2.71. The molecule has 0 spiro atoms. The molecule has 0 fully saturated rings. The first-order valence-corrected chi connectivity index (χ1v) is 4.98. The van der Waals surface area contributed by atoms with Gasteiger partial charge in [0.2, 0.25) is 0 Å². The lowest BCUT2D eigenvalue weighted by atomic mass is 10.1. The monoisotopic (exact) mass is 210 g/mol. The van der Waals surface area contributed by atoms with Crippen LogP contribution in [0.1, 0.15) is 5.56 Å². The van der Waals surface area contributed by atoms with Gasteiger partial charge < -0.3 is 9.47 Å². The van der Waals surface area contributed by atoms with E-state index in [1.54, 1.807) is 0 Å². The average Bonchev–Trinajstić information content (AvgIpc) is 2.27. The molecule has 0 bridgehead atoms. The van der Waals surface area contributed by atoms with Crippen molar-refractivity contribution in [3.05, 3.63) is 30.3 Å². The number of hydrogen-bond acceptors (Lipinski definition) is 2. The van der Waals surface area contributed by atoms with Crippen LogP contribution in [0.25, 0.3) is 5.57 Å². The summed E-state index contributed by atoms with van der Waals surface area (Å²) < 4.78 is 10.9. The summed E-state index contributed by atoms with van der Waals surface area (Å²) in [6.07, 6.45) is 0. The Morgan fingerprint density at radius 1 is 1.29 bits per heavy atom. The molecule has 0 saturated carbocycles. The van der Waals surface area contributed by atoms with Crippen LogP contribution < -0.4 is 9.47 Å². The van der Waals surface area contributed by atoms with Gasteiger partial charge in [0.1, 0.15) is 13.2 Å². The summed E-state index contributed by atoms with van der Waals surface area (Å²) in [4.78, 5) is 0. The van der Waals surface area contributed by atoms with Crippen LogP contribution in [-0.4, -0.2) is 19.1 Å². The van der Waals surface area contributed by atoms with E-state index < -0.39 is 0 Å². The van der Waals surface area contributed by atoms with E-state index in [1.807, 2.05) is 18.2 Å². The largest absolute Gasteiger partial charge is 0.486 e. The van der Waals surface area contributed by atoms with Crippen molar-refractivity contribution in [2.75, 3.05) is 19.1 Å². The first kappa shape index (κ1) is 9.41. The summed E-state index contributed by atoms with van der Waals surface area (Å²) in [5.41, 5.74) is 1.90. The summed E-state index contributed by atoms with van der Waals surface area (Å²) in [7, 11) is 0. The highest BCUT2D eigenvalue weighted by Crippen LogP contribution is 2.32. The SMILES string of the molecule is C=C(CCl)c1ccc2c(c1)OCCO2. The molecular formula is C11H11ClO2. The highest BCUT2D eigenvalue weighted by Gasteiger charge is 2.12. The zero-order valence-corrected chi connectivity index (χ0v) is 8.51. The lowest BCUT2D eigenvalue weighted by Gasteiger charge is -2.19. The van der Waals surface area contributed by atoms with Crippen LogP contribution in [0.15, 0.2) is 24.8 Å². The molecule has 0 aromatic heterocycles. The highest BCUT2D eigenvalue weighted by molar-refractivity contribution is 6.23. The van der Waals surface area contributed by atoms with E-state index in [0.717, 1.165) is 22.6 Å². The lowest BCUT2D eigenvalue weighted by molar-refractivity contribution is 0.171. The number of rotatable bonds is 2. The van der Waals surface area contributed by atoms with Gasteiger partial charge in [0, 0.05) is 5.88 Å². The van der Waals surface area contributed by atoms with E-state index in [4.69, 9.17) is 21.1 Å². The lowest BCUT2D eigenvalue weighted by Crippen LogP contribution is -2.15. The van der Waals surface area contributed by atoms with Gasteiger partial charge in [0.25, 0.3) is 0 Å². The zero-order valence-electron chi connectivity index (χ0n) is 7.75. The van der Waals surface area contributed by atoms with Crippen LogP contribution in [0, 0.1) is 0 Å². The molecule has 1 aliphatic rings. The standard InChI is InChI=1S/C11H11ClO2/c1-8(7-12)9-2-3-10-11(6-9)14-5-4-13-10/h2-3,6H,1,4-5,7H2. The summed E-state index contributed by atoms with van der Waals surface area (Å²) in [6.45, 7) is 5.08. The maximum Gasteiger partial charge on any atom is 0.161 e. The second kappa shape index (κ2) is 3.93. The van der Waals surface area contributed by atoms with Gasteiger partial charge in [-0.3, -0.25) is 0 Å². The molecule has 1 heterocycles. The van der Waals surface area contributed by atoms with Crippen LogP contribution in [0.4, 0.5) is 0 Å². The fourth-order valence-electron chi connectivity index (χ4n) is 1.34. The Bertz CT molecular complexity index is 360. The van der Waals surface area contributed by atoms with Crippen LogP contribution in [-0.2, 0) is 0 Å². The van der Waals surface area contributed by atoms with Crippen molar-refractivity contribution in [1.29, 1.82) is 0 Å². The molecule has 0 atom stereocenters. The van der Waals surface area contributed by atoms with Gasteiger partial charge >= 0.3 is 0 Å². The molecule has 3 heteroatoms. The summed E-state index contributed by atoms with van der Waals surface area (Å²) in [5.74, 6) is 2.00. The van der Waals surface area contributed by atoms with Gasteiger partial charge in [0.05, 0.1) is 0 Å². The smallest absolute Gasteiger partial charge is 0.161 e. The summed E-state index contributed by atoms with van der Waals surface area (Å²) in [5, 5.41) is 0. The topological polar surface area (TPSA) is 18.5 Å². The average molecular weight is 211 g/mol. The van der Waals surface area contributed by atoms with Crippen molar-refractivity contribution in [1.82, 2.24) is 0 Å². The Morgan fingerprint density at radius 3 is 2.71 bits per heavy atom. The second-order valence-electron chi connectivity index (χ2n) is 3.10. The van der Waals surface area contributed by atoms with Gasteiger partial charge in [-0.2, -0.15) is 0 Å². The molecule has 0 aliphatic carbocycles. The van der Waals surface area contributed by atoms with Crippen LogP contribution >= 0.6 is 11.6 Å². The molecule has 0 saturated heterocycles. The Labute approximate surface area is 88.1 Å². The van der Waals surface area contributed by atoms with Crippen LogP contribution in [0.2, 0.25) is 0 Å². The van der Waals surface area contributed by atoms with Crippen molar-refractivity contribution in [3.63, 3.8) is 0 Å². The number of ether oxygens (including phenoxy) is 2. The molecule has 14 heavy (non-hydrogen) atoms. The Kier molecular flexibility index (Phi) is 2.64. The number of halogens is 1. The molecule has 1 aliphatic heterocycles. The predicted molar refractivity (Wildman–Crippen MR) is 57.2 cm³/mol. The van der Waals surface area contributed by atoms with Gasteiger partial charge in [-0.1, -0.05) is 12.6 Å². The van der Waals surface area contributed by atoms with Crippen molar-refractivity contribution < 1.29 is 9.47 Å². The maximum absolute atomic E-state index is 5.70. The molecule has 74 valence electrons. The minimum Gasteiger partial charge on any atom is -0.486 e. The quantitative estimate of drug-likeness (QED) is 0.699. The molecule has 0 amide bonds. The third-order valence-corrected chi connectivity index (χ3v) is 2.43. The van der Waals surface area contributed by atoms with Crippen LogP contribution in [0.3, 0.4) is 0 Å². The Morgan fingerprint density at radius 2 is 2.00 bits per heavy atom. The van der Waals surface area contributed by atoms with E-state index in [2.05, 4.69) is 6.58 Å². The van der Waals surface area contributed by atoms with E-state index in [1.165, 1.54) is 0 Å². The van der Waals surface area contributed by atoms with Crippen LogP contribution in [0.5, 0.6) is 11.5 Å². The maximum atomic E-state index is 5.70. The van der Waals surface area contributed by atoms with Gasteiger partial charge in [-0.25, -0.2) is 0 Å². The van der Waals surface area contributed by atoms with Crippen molar-refractivity contribution in [3.8, 4) is 11.5 Å². The Hall–Kier alpha value is -1.15. The minimum absolute atomic E-state index is 0.430. The zero-order chi connectivity index (χ0) is 9.97. The first-order chi connectivity index (χ1) is 6.81. The highest BCUT2D eigenvalue weighted by atomic mass is 35.5. The molecule has 1 aromatic rings. The molecule has 0 radical (unpaired) electrons. The molecule has 2 rings (SSSR count). The normalized spacial score (nSPS) is 13.8. The summed E-state index contributed by atoms with van der Waals surface area (Å²) >= 11 is 5.70. The molecule has 1 aromatic carbocycles. The van der Waals surface area contributed by atoms with Gasteiger partial charge in [-0.05, 0) is 23.3 Å². The number of alkyl halides is 1. The van der Waals surface area contributed by atoms with Crippen molar-refractivity contribution in [2.45, 2.75) is 0 Å². The number of benzene rings is 1. The van der Waals surface area contributed by atoms with E-state index in [0.29, 0.717) is 19.1 Å². The van der Waals surface area contributed by atoms with E-state index >= 15 is 0 Å². The first-order valence-electron chi connectivity index (χ1n) is 4.45. The fourth-order valence-corrected chi connectivity index (χ4v) is 1.49. The van der Waals surface area contributed by atoms with E-state index in [-0.39, 0.29) is 0 Å². The minimum atomic E-state index is 0.430. The third-order valence-electron chi connectivity index (χ3n) is 2.11. The van der Waals surface area contributed by atoms with E-state index in [9.17, 15) is 0 Å². The second-order valence-corrected chi connectivity index (χ2v) is 3.36. The number of allylic oxidation sites excluding steroid dienone is 1. The van der Waals surface area contributed by atoms with Crippen molar-refractivity contribution >= 4 is 17.2 Å². The van der Waals surface area contributed by atoms with Crippen molar-refractivity contribution in [2.24, 2.45) is 0 Å². The number of fused-ring (bicyclic) bond motifs is 1.